The van der Waals surface area contributed by atoms with Gasteiger partial charge in [0.1, 0.15) is 5.82 Å². The SMILES string of the molecule is CCN(CCC1=CCCCC1)Cc1ccc(-c2nc(CN)cc(=O)[nH]2)cc1. The fraction of sp³-hybridized carbons (Fsp3) is 0.455. The lowest BCUT2D eigenvalue weighted by molar-refractivity contribution is 0.282. The number of benzene rings is 1. The maximum absolute atomic E-state index is 11.7. The summed E-state index contributed by atoms with van der Waals surface area (Å²) in [4.78, 5) is 21.4. The molecule has 1 aliphatic carbocycles. The molecule has 0 radical (unpaired) electrons. The quantitative estimate of drug-likeness (QED) is 0.700. The van der Waals surface area contributed by atoms with Gasteiger partial charge in [-0.15, -0.1) is 0 Å². The van der Waals surface area contributed by atoms with Crippen LogP contribution in [0.3, 0.4) is 0 Å². The molecule has 1 aromatic heterocycles. The van der Waals surface area contributed by atoms with Crippen LogP contribution in [-0.2, 0) is 13.1 Å². The normalized spacial score (nSPS) is 14.4. The lowest BCUT2D eigenvalue weighted by atomic mass is 9.97. The summed E-state index contributed by atoms with van der Waals surface area (Å²) in [5, 5.41) is 0. The van der Waals surface area contributed by atoms with Crippen molar-refractivity contribution in [3.05, 3.63) is 63.6 Å². The Hall–Kier alpha value is -2.24. The highest BCUT2D eigenvalue weighted by molar-refractivity contribution is 5.55. The molecule has 0 saturated heterocycles. The molecule has 3 rings (SSSR count). The van der Waals surface area contributed by atoms with E-state index in [1.54, 1.807) is 5.57 Å². The van der Waals surface area contributed by atoms with E-state index in [-0.39, 0.29) is 12.1 Å². The molecular weight excluding hydrogens is 336 g/mol. The minimum Gasteiger partial charge on any atom is -0.325 e. The van der Waals surface area contributed by atoms with Gasteiger partial charge in [-0.3, -0.25) is 9.69 Å². The summed E-state index contributed by atoms with van der Waals surface area (Å²) in [5.41, 5.74) is 9.86. The van der Waals surface area contributed by atoms with Crippen molar-refractivity contribution in [3.8, 4) is 11.4 Å². The smallest absolute Gasteiger partial charge is 0.251 e. The molecule has 0 unspecified atom stereocenters. The minimum absolute atomic E-state index is 0.168. The number of rotatable bonds is 8. The molecule has 3 N–H and O–H groups in total. The van der Waals surface area contributed by atoms with E-state index in [1.807, 2.05) is 12.1 Å². The van der Waals surface area contributed by atoms with Crippen molar-refractivity contribution in [2.75, 3.05) is 13.1 Å². The second-order valence-corrected chi connectivity index (χ2v) is 7.21. The molecule has 27 heavy (non-hydrogen) atoms. The van der Waals surface area contributed by atoms with Crippen molar-refractivity contribution in [2.45, 2.75) is 52.1 Å². The summed E-state index contributed by atoms with van der Waals surface area (Å²) in [6.07, 6.45) is 8.85. The molecule has 0 amide bonds. The van der Waals surface area contributed by atoms with Crippen LogP contribution in [0.5, 0.6) is 0 Å². The van der Waals surface area contributed by atoms with Crippen LogP contribution in [0, 0.1) is 0 Å². The first kappa shape index (κ1) is 19.5. The summed E-state index contributed by atoms with van der Waals surface area (Å²) in [5.74, 6) is 0.575. The van der Waals surface area contributed by atoms with Crippen LogP contribution in [0.15, 0.2) is 46.8 Å². The molecule has 5 nitrogen and oxygen atoms in total. The molecule has 1 heterocycles. The van der Waals surface area contributed by atoms with Crippen LogP contribution >= 0.6 is 0 Å². The maximum atomic E-state index is 11.7. The predicted octanol–water partition coefficient (Wildman–Crippen LogP) is 3.61. The second-order valence-electron chi connectivity index (χ2n) is 7.21. The first-order valence-corrected chi connectivity index (χ1v) is 9.98. The number of hydrogen-bond donors (Lipinski definition) is 2. The van der Waals surface area contributed by atoms with Gasteiger partial charge < -0.3 is 10.7 Å². The number of H-pyrrole nitrogens is 1. The fourth-order valence-electron chi connectivity index (χ4n) is 3.56. The van der Waals surface area contributed by atoms with Gasteiger partial charge in [0.25, 0.3) is 5.56 Å². The van der Waals surface area contributed by atoms with Gasteiger partial charge in [0.2, 0.25) is 0 Å². The Labute approximate surface area is 161 Å². The van der Waals surface area contributed by atoms with Crippen molar-refractivity contribution in [3.63, 3.8) is 0 Å². The lowest BCUT2D eigenvalue weighted by Crippen LogP contribution is -2.24. The number of hydrogen-bond acceptors (Lipinski definition) is 4. The standard InChI is InChI=1S/C22H30N4O/c1-2-26(13-12-17-6-4-3-5-7-17)16-18-8-10-19(11-9-18)22-24-20(15-23)14-21(27)25-22/h6,8-11,14H,2-5,7,12-13,15-16,23H2,1H3,(H,24,25,27). The molecule has 0 atom stereocenters. The largest absolute Gasteiger partial charge is 0.325 e. The average Bonchev–Trinajstić information content (AvgIpc) is 2.71. The van der Waals surface area contributed by atoms with Gasteiger partial charge in [-0.25, -0.2) is 4.98 Å². The van der Waals surface area contributed by atoms with Gasteiger partial charge >= 0.3 is 0 Å². The van der Waals surface area contributed by atoms with E-state index in [9.17, 15) is 4.79 Å². The Kier molecular flexibility index (Phi) is 6.96. The van der Waals surface area contributed by atoms with E-state index >= 15 is 0 Å². The molecule has 1 aromatic carbocycles. The first-order valence-electron chi connectivity index (χ1n) is 9.98. The number of aromatic nitrogens is 2. The van der Waals surface area contributed by atoms with Gasteiger partial charge in [-0.2, -0.15) is 0 Å². The number of nitrogens with one attached hydrogen (secondary N) is 1. The van der Waals surface area contributed by atoms with E-state index in [0.717, 1.165) is 25.2 Å². The topological polar surface area (TPSA) is 75.0 Å². The van der Waals surface area contributed by atoms with Crippen LogP contribution in [0.2, 0.25) is 0 Å². The highest BCUT2D eigenvalue weighted by Gasteiger charge is 2.09. The Balaban J connectivity index is 1.63. The Morgan fingerprint density at radius 2 is 2.04 bits per heavy atom. The highest BCUT2D eigenvalue weighted by atomic mass is 16.1. The Morgan fingerprint density at radius 3 is 2.70 bits per heavy atom. The summed E-state index contributed by atoms with van der Waals surface area (Å²) in [7, 11) is 0. The average molecular weight is 367 g/mol. The van der Waals surface area contributed by atoms with E-state index in [2.05, 4.69) is 40.0 Å². The Morgan fingerprint density at radius 1 is 1.22 bits per heavy atom. The maximum Gasteiger partial charge on any atom is 0.251 e. The lowest BCUT2D eigenvalue weighted by Gasteiger charge is -2.22. The molecule has 5 heteroatoms. The van der Waals surface area contributed by atoms with E-state index in [0.29, 0.717) is 11.5 Å². The highest BCUT2D eigenvalue weighted by Crippen LogP contribution is 2.21. The van der Waals surface area contributed by atoms with Crippen molar-refractivity contribution >= 4 is 0 Å². The molecule has 0 aliphatic heterocycles. The van der Waals surface area contributed by atoms with Crippen LogP contribution in [0.1, 0.15) is 50.3 Å². The molecule has 0 saturated carbocycles. The van der Waals surface area contributed by atoms with Gasteiger partial charge in [0, 0.05) is 31.3 Å². The third-order valence-corrected chi connectivity index (χ3v) is 5.22. The molecule has 0 spiro atoms. The summed E-state index contributed by atoms with van der Waals surface area (Å²) >= 11 is 0. The number of nitrogens with two attached hydrogens (primary N) is 1. The molecule has 144 valence electrons. The molecule has 2 aromatic rings. The molecular formula is C22H30N4O. The summed E-state index contributed by atoms with van der Waals surface area (Å²) < 4.78 is 0. The number of nitrogens with zero attached hydrogens (tertiary/aromatic N) is 2. The number of aromatic amines is 1. The van der Waals surface area contributed by atoms with Crippen LogP contribution in [0.4, 0.5) is 0 Å². The summed E-state index contributed by atoms with van der Waals surface area (Å²) in [6, 6.07) is 9.72. The van der Waals surface area contributed by atoms with Crippen molar-refractivity contribution in [1.82, 2.24) is 14.9 Å². The third-order valence-electron chi connectivity index (χ3n) is 5.22. The Bertz CT molecular complexity index is 823. The van der Waals surface area contributed by atoms with Crippen molar-refractivity contribution in [2.24, 2.45) is 5.73 Å². The van der Waals surface area contributed by atoms with E-state index in [1.165, 1.54) is 43.7 Å². The second kappa shape index (κ2) is 9.62. The zero-order chi connectivity index (χ0) is 19.1. The van der Waals surface area contributed by atoms with Gasteiger partial charge in [-0.05, 0) is 44.2 Å². The predicted molar refractivity (Wildman–Crippen MR) is 110 cm³/mol. The van der Waals surface area contributed by atoms with Crippen LogP contribution in [0.25, 0.3) is 11.4 Å². The first-order chi connectivity index (χ1) is 13.2. The molecule has 1 aliphatic rings. The zero-order valence-corrected chi connectivity index (χ0v) is 16.2. The molecule has 0 bridgehead atoms. The van der Waals surface area contributed by atoms with Crippen molar-refractivity contribution < 1.29 is 0 Å². The van der Waals surface area contributed by atoms with Gasteiger partial charge in [-0.1, -0.05) is 42.8 Å². The molecule has 0 fully saturated rings. The fourth-order valence-corrected chi connectivity index (χ4v) is 3.56. The van der Waals surface area contributed by atoms with Gasteiger partial charge in [0.05, 0.1) is 5.69 Å². The monoisotopic (exact) mass is 366 g/mol. The summed E-state index contributed by atoms with van der Waals surface area (Å²) in [6.45, 7) is 5.57. The third kappa shape index (κ3) is 5.62. The van der Waals surface area contributed by atoms with Crippen LogP contribution in [-0.4, -0.2) is 28.0 Å². The van der Waals surface area contributed by atoms with Crippen molar-refractivity contribution in [1.29, 1.82) is 0 Å². The van der Waals surface area contributed by atoms with E-state index < -0.39 is 0 Å². The van der Waals surface area contributed by atoms with Crippen LogP contribution < -0.4 is 11.3 Å². The minimum atomic E-state index is -0.168. The van der Waals surface area contributed by atoms with Gasteiger partial charge in [0.15, 0.2) is 0 Å². The van der Waals surface area contributed by atoms with E-state index in [4.69, 9.17) is 5.73 Å². The number of allylic oxidation sites excluding steroid dienone is 1. The zero-order valence-electron chi connectivity index (χ0n) is 16.2.